The Bertz CT molecular complexity index is 207. The fraction of sp³-hybridized carbons (Fsp3) is 0.944. The van der Waals surface area contributed by atoms with Crippen molar-refractivity contribution in [2.45, 2.75) is 53.9 Å². The lowest BCUT2D eigenvalue weighted by molar-refractivity contribution is -0.118. The Kier molecular flexibility index (Phi) is 31.4. The summed E-state index contributed by atoms with van der Waals surface area (Å²) in [5.41, 5.74) is 0. The number of ether oxygens (including phenoxy) is 3. The molecule has 1 fully saturated rings. The maximum Gasteiger partial charge on any atom is 0.132 e. The molecule has 0 aliphatic carbocycles. The van der Waals surface area contributed by atoms with Crippen LogP contribution in [0.2, 0.25) is 0 Å². The third kappa shape index (κ3) is 26.7. The van der Waals surface area contributed by atoms with Crippen molar-refractivity contribution in [3.8, 4) is 0 Å². The number of Topliss-reactive ketones (excluding diaryl/α,β-unsaturated/α-hetero) is 1. The average Bonchev–Trinajstić information content (AvgIpc) is 3.08. The van der Waals surface area contributed by atoms with Gasteiger partial charge in [-0.25, -0.2) is 0 Å². The number of carbonyl (C=O) groups is 1. The molecule has 5 heteroatoms. The van der Waals surface area contributed by atoms with Gasteiger partial charge in [-0.2, -0.15) is 0 Å². The molecule has 1 rings (SSSR count). The minimum absolute atomic E-state index is 0.176. The van der Waals surface area contributed by atoms with Gasteiger partial charge in [-0.05, 0) is 32.9 Å². The molecule has 0 unspecified atom stereocenters. The first-order valence-electron chi connectivity index (χ1n) is 8.98. The first-order chi connectivity index (χ1) is 11.2. The van der Waals surface area contributed by atoms with E-state index in [1.807, 2.05) is 27.7 Å². The predicted octanol–water partition coefficient (Wildman–Crippen LogP) is 3.41. The molecule has 1 heterocycles. The first kappa shape index (κ1) is 27.4. The quantitative estimate of drug-likeness (QED) is 0.604. The van der Waals surface area contributed by atoms with Crippen molar-refractivity contribution in [2.24, 2.45) is 0 Å². The second-order valence-corrected chi connectivity index (χ2v) is 4.63. The lowest BCUT2D eigenvalue weighted by Crippen LogP contribution is -2.24. The van der Waals surface area contributed by atoms with Crippen LogP contribution in [0.15, 0.2) is 0 Å². The van der Waals surface area contributed by atoms with Gasteiger partial charge in [-0.3, -0.25) is 4.79 Å². The van der Waals surface area contributed by atoms with Gasteiger partial charge < -0.3 is 19.1 Å². The molecule has 0 aromatic rings. The molecule has 0 saturated carbocycles. The highest BCUT2D eigenvalue weighted by atomic mass is 16.5. The fourth-order valence-corrected chi connectivity index (χ4v) is 1.74. The zero-order valence-electron chi connectivity index (χ0n) is 16.7. The van der Waals surface area contributed by atoms with Gasteiger partial charge in [0, 0.05) is 27.2 Å². The Morgan fingerprint density at radius 1 is 0.870 bits per heavy atom. The van der Waals surface area contributed by atoms with Crippen molar-refractivity contribution < 1.29 is 19.0 Å². The lowest BCUT2D eigenvalue weighted by Gasteiger charge is -2.14. The van der Waals surface area contributed by atoms with Crippen molar-refractivity contribution >= 4 is 5.78 Å². The van der Waals surface area contributed by atoms with Crippen LogP contribution in [0.25, 0.3) is 0 Å². The van der Waals surface area contributed by atoms with Crippen LogP contribution < -0.4 is 0 Å². The summed E-state index contributed by atoms with van der Waals surface area (Å²) in [6.07, 6.45) is 3.16. The molecule has 23 heavy (non-hydrogen) atoms. The van der Waals surface area contributed by atoms with Gasteiger partial charge in [0.2, 0.25) is 0 Å². The summed E-state index contributed by atoms with van der Waals surface area (Å²) in [5, 5.41) is 0. The van der Waals surface area contributed by atoms with E-state index in [0.29, 0.717) is 26.2 Å². The normalized spacial score (nSPS) is 13.0. The molecule has 0 radical (unpaired) electrons. The van der Waals surface area contributed by atoms with Crippen molar-refractivity contribution in [3.63, 3.8) is 0 Å². The number of rotatable bonds is 9. The van der Waals surface area contributed by atoms with E-state index in [1.54, 1.807) is 21.1 Å². The Labute approximate surface area is 144 Å². The van der Waals surface area contributed by atoms with Gasteiger partial charge in [-0.1, -0.05) is 27.7 Å². The zero-order chi connectivity index (χ0) is 18.3. The zero-order valence-corrected chi connectivity index (χ0v) is 16.7. The SMILES string of the molecule is CC.CC.CC(=O)CCOCCOCCN1CCCC1.COC. The molecule has 0 amide bonds. The van der Waals surface area contributed by atoms with E-state index in [-0.39, 0.29) is 5.78 Å². The number of ketones is 1. The largest absolute Gasteiger partial charge is 0.388 e. The van der Waals surface area contributed by atoms with E-state index >= 15 is 0 Å². The molecule has 0 aromatic heterocycles. The molecule has 142 valence electrons. The fourth-order valence-electron chi connectivity index (χ4n) is 1.74. The van der Waals surface area contributed by atoms with Crippen LogP contribution in [-0.2, 0) is 19.0 Å². The van der Waals surface area contributed by atoms with Crippen LogP contribution in [0.1, 0.15) is 53.9 Å². The van der Waals surface area contributed by atoms with Crippen LogP contribution in [-0.4, -0.2) is 71.0 Å². The molecule has 5 nitrogen and oxygen atoms in total. The molecular weight excluding hydrogens is 294 g/mol. The summed E-state index contributed by atoms with van der Waals surface area (Å²) < 4.78 is 15.0. The van der Waals surface area contributed by atoms with Gasteiger partial charge >= 0.3 is 0 Å². The van der Waals surface area contributed by atoms with Gasteiger partial charge in [-0.15, -0.1) is 0 Å². The maximum absolute atomic E-state index is 10.6. The second kappa shape index (κ2) is 26.4. The highest BCUT2D eigenvalue weighted by Crippen LogP contribution is 2.05. The summed E-state index contributed by atoms with van der Waals surface area (Å²) in [6, 6.07) is 0. The Hall–Kier alpha value is -0.490. The highest BCUT2D eigenvalue weighted by molar-refractivity contribution is 5.75. The van der Waals surface area contributed by atoms with Crippen LogP contribution >= 0.6 is 0 Å². The van der Waals surface area contributed by atoms with Crippen LogP contribution in [0.5, 0.6) is 0 Å². The van der Waals surface area contributed by atoms with E-state index in [1.165, 1.54) is 25.9 Å². The summed E-state index contributed by atoms with van der Waals surface area (Å²) in [6.45, 7) is 15.6. The number of likely N-dealkylation sites (tertiary alicyclic amines) is 1. The van der Waals surface area contributed by atoms with E-state index in [2.05, 4.69) is 9.64 Å². The minimum atomic E-state index is 0.176. The number of carbonyl (C=O) groups excluding carboxylic acids is 1. The number of hydrogen-bond donors (Lipinski definition) is 0. The monoisotopic (exact) mass is 335 g/mol. The van der Waals surface area contributed by atoms with E-state index in [4.69, 9.17) is 9.47 Å². The smallest absolute Gasteiger partial charge is 0.132 e. The van der Waals surface area contributed by atoms with Crippen molar-refractivity contribution in [3.05, 3.63) is 0 Å². The molecule has 0 N–H and O–H groups in total. The molecular formula is C18H41NO4. The van der Waals surface area contributed by atoms with Crippen molar-refractivity contribution in [1.82, 2.24) is 4.90 Å². The predicted molar refractivity (Wildman–Crippen MR) is 98.2 cm³/mol. The Morgan fingerprint density at radius 2 is 1.30 bits per heavy atom. The standard InChI is InChI=1S/C12H23NO3.C2H6O.2C2H6/c1-12(14)4-8-15-10-11-16-9-7-13-5-2-3-6-13;1-3-2;2*1-2/h2-11H2,1H3;1-2H3;2*1-2H3. The summed E-state index contributed by atoms with van der Waals surface area (Å²) in [4.78, 5) is 13.0. The van der Waals surface area contributed by atoms with Crippen LogP contribution in [0.3, 0.4) is 0 Å². The van der Waals surface area contributed by atoms with Gasteiger partial charge in [0.15, 0.2) is 0 Å². The highest BCUT2D eigenvalue weighted by Gasteiger charge is 2.09. The number of hydrogen-bond acceptors (Lipinski definition) is 5. The maximum atomic E-state index is 10.6. The second-order valence-electron chi connectivity index (χ2n) is 4.63. The molecule has 1 aliphatic rings. The van der Waals surface area contributed by atoms with Crippen molar-refractivity contribution in [2.75, 3.05) is 60.3 Å². The molecule has 0 atom stereocenters. The van der Waals surface area contributed by atoms with Gasteiger partial charge in [0.05, 0.1) is 26.4 Å². The molecule has 1 aliphatic heterocycles. The summed E-state index contributed by atoms with van der Waals surface area (Å²) >= 11 is 0. The topological polar surface area (TPSA) is 48.0 Å². The molecule has 0 bridgehead atoms. The Morgan fingerprint density at radius 3 is 1.74 bits per heavy atom. The molecule has 0 spiro atoms. The summed E-state index contributed by atoms with van der Waals surface area (Å²) in [7, 11) is 3.25. The van der Waals surface area contributed by atoms with Gasteiger partial charge in [0.25, 0.3) is 0 Å². The van der Waals surface area contributed by atoms with Crippen LogP contribution in [0, 0.1) is 0 Å². The first-order valence-corrected chi connectivity index (χ1v) is 8.98. The van der Waals surface area contributed by atoms with E-state index < -0.39 is 0 Å². The van der Waals surface area contributed by atoms with E-state index in [9.17, 15) is 4.79 Å². The number of nitrogens with zero attached hydrogens (tertiary/aromatic N) is 1. The van der Waals surface area contributed by atoms with Crippen molar-refractivity contribution in [1.29, 1.82) is 0 Å². The minimum Gasteiger partial charge on any atom is -0.388 e. The molecule has 1 saturated heterocycles. The van der Waals surface area contributed by atoms with Gasteiger partial charge in [0.1, 0.15) is 5.78 Å². The molecule has 0 aromatic carbocycles. The Balaban J connectivity index is -0.000000496. The summed E-state index contributed by atoms with van der Waals surface area (Å²) in [5.74, 6) is 0.176. The lowest BCUT2D eigenvalue weighted by atomic mass is 10.3. The number of methoxy groups -OCH3 is 1. The van der Waals surface area contributed by atoms with E-state index in [0.717, 1.165) is 13.2 Å². The van der Waals surface area contributed by atoms with Crippen LogP contribution in [0.4, 0.5) is 0 Å². The third-order valence-corrected chi connectivity index (χ3v) is 2.72. The average molecular weight is 336 g/mol. The third-order valence-electron chi connectivity index (χ3n) is 2.72.